The number of ether oxygens (including phenoxy) is 7. The highest BCUT2D eigenvalue weighted by Crippen LogP contribution is 2.53. The van der Waals surface area contributed by atoms with Crippen molar-refractivity contribution in [3.63, 3.8) is 0 Å². The molecule has 0 bridgehead atoms. The van der Waals surface area contributed by atoms with Crippen LogP contribution in [0.2, 0.25) is 0 Å². The minimum atomic E-state index is -1.45. The number of benzene rings is 2. The summed E-state index contributed by atoms with van der Waals surface area (Å²) in [5.41, 5.74) is -1.90. The predicted octanol–water partition coefficient (Wildman–Crippen LogP) is 2.39. The number of rotatable bonds is 6. The molecule has 3 fully saturated rings. The fraction of sp³-hybridized carbons (Fsp3) is 0.545. The molecule has 13 nitrogen and oxygen atoms in total. The van der Waals surface area contributed by atoms with Crippen molar-refractivity contribution < 1.29 is 57.8 Å². The lowest BCUT2D eigenvalue weighted by atomic mass is 9.72. The molecule has 0 amide bonds. The van der Waals surface area contributed by atoms with Gasteiger partial charge in [0, 0.05) is 62.8 Å². The third-order valence-electron chi connectivity index (χ3n) is 10.2. The van der Waals surface area contributed by atoms with Gasteiger partial charge >= 0.3 is 0 Å². The van der Waals surface area contributed by atoms with Crippen LogP contribution in [0.25, 0.3) is 0 Å². The summed E-state index contributed by atoms with van der Waals surface area (Å²) in [6.07, 6.45) is -3.33. The average Bonchev–Trinajstić information content (AvgIpc) is 3.43. The smallest absolute Gasteiger partial charge is 0.202 e. The maximum absolute atomic E-state index is 13.9. The summed E-state index contributed by atoms with van der Waals surface area (Å²) in [6.45, 7) is 4.35. The van der Waals surface area contributed by atoms with Gasteiger partial charge in [-0.25, -0.2) is 0 Å². The van der Waals surface area contributed by atoms with E-state index < -0.39 is 59.7 Å². The third kappa shape index (κ3) is 4.44. The monoisotopic (exact) mass is 639 g/mol. The molecule has 0 spiro atoms. The highest BCUT2D eigenvalue weighted by molar-refractivity contribution is 6.31. The largest absolute Gasteiger partial charge is 0.507 e. The molecule has 2 N–H and O–H groups in total. The Balaban J connectivity index is 1.30. The van der Waals surface area contributed by atoms with Gasteiger partial charge in [-0.05, 0) is 19.9 Å². The van der Waals surface area contributed by atoms with Gasteiger partial charge in [0.1, 0.15) is 29.0 Å². The number of nitrogens with zero attached hydrogens (tertiary/aromatic N) is 1. The zero-order valence-electron chi connectivity index (χ0n) is 26.2. The van der Waals surface area contributed by atoms with Crippen molar-refractivity contribution in [3.8, 4) is 17.2 Å². The molecule has 3 heterocycles. The van der Waals surface area contributed by atoms with Crippen molar-refractivity contribution in [1.82, 2.24) is 4.90 Å². The van der Waals surface area contributed by atoms with Gasteiger partial charge in [-0.1, -0.05) is 12.1 Å². The number of phenolic OH excluding ortho intramolecular Hbond substituents is 2. The zero-order valence-corrected chi connectivity index (χ0v) is 26.2. The highest BCUT2D eigenvalue weighted by atomic mass is 16.7. The first-order valence-electron chi connectivity index (χ1n) is 15.3. The van der Waals surface area contributed by atoms with Crippen LogP contribution in [0.15, 0.2) is 18.2 Å². The molecular formula is C33H37NO12. The molecule has 46 heavy (non-hydrogen) atoms. The molecule has 3 aliphatic heterocycles. The molecular weight excluding hydrogens is 602 g/mol. The van der Waals surface area contributed by atoms with Crippen LogP contribution in [0, 0.1) is 0 Å². The van der Waals surface area contributed by atoms with Gasteiger partial charge in [0.2, 0.25) is 5.78 Å². The SMILES string of the molecule is COc1cccc2c1C(=O)c1c(O)c3c(c(O)c1C2=O)C[C@@](OC)(C(C)=O)C[C@@H]3O[C@H]1C[C@H]2[C@H](O[C@@H]3[C@@H](OC)OCCN32)[C@H](C)O1. The molecule has 13 heteroatoms. The van der Waals surface area contributed by atoms with Gasteiger partial charge in [0.15, 0.2) is 30.4 Å². The first kappa shape index (κ1) is 31.2. The number of carbonyl (C=O) groups is 3. The number of aromatic hydroxyl groups is 2. The second-order valence-electron chi connectivity index (χ2n) is 12.4. The molecule has 2 aromatic rings. The topological polar surface area (TPSA) is 160 Å². The Morgan fingerprint density at radius 2 is 1.80 bits per heavy atom. The molecule has 5 aliphatic rings. The number of hydrogen-bond acceptors (Lipinski definition) is 13. The summed E-state index contributed by atoms with van der Waals surface area (Å²) in [5, 5.41) is 23.6. The van der Waals surface area contributed by atoms with E-state index in [4.69, 9.17) is 33.2 Å². The fourth-order valence-electron chi connectivity index (χ4n) is 7.88. The number of carbonyl (C=O) groups excluding carboxylic acids is 3. The second-order valence-corrected chi connectivity index (χ2v) is 12.4. The van der Waals surface area contributed by atoms with Crippen molar-refractivity contribution in [1.29, 1.82) is 0 Å². The molecule has 246 valence electrons. The van der Waals surface area contributed by atoms with E-state index in [9.17, 15) is 24.6 Å². The van der Waals surface area contributed by atoms with Crippen molar-refractivity contribution in [2.24, 2.45) is 0 Å². The van der Waals surface area contributed by atoms with E-state index in [-0.39, 0.29) is 69.9 Å². The van der Waals surface area contributed by atoms with Gasteiger partial charge in [0.25, 0.3) is 0 Å². The van der Waals surface area contributed by atoms with Crippen LogP contribution in [0.4, 0.5) is 0 Å². The summed E-state index contributed by atoms with van der Waals surface area (Å²) >= 11 is 0. The van der Waals surface area contributed by atoms with Crippen LogP contribution >= 0.6 is 0 Å². The number of ketones is 3. The lowest BCUT2D eigenvalue weighted by Gasteiger charge is -2.44. The number of hydrogen-bond donors (Lipinski definition) is 2. The zero-order chi connectivity index (χ0) is 32.7. The lowest BCUT2D eigenvalue weighted by Crippen LogP contribution is -2.55. The quantitative estimate of drug-likeness (QED) is 0.379. The van der Waals surface area contributed by atoms with Gasteiger partial charge in [-0.2, -0.15) is 0 Å². The lowest BCUT2D eigenvalue weighted by molar-refractivity contribution is -0.256. The van der Waals surface area contributed by atoms with E-state index >= 15 is 0 Å². The van der Waals surface area contributed by atoms with Crippen molar-refractivity contribution in [2.75, 3.05) is 34.5 Å². The Hall–Kier alpha value is -3.43. The maximum atomic E-state index is 13.9. The Morgan fingerprint density at radius 3 is 2.50 bits per heavy atom. The Bertz CT molecular complexity index is 1620. The first-order chi connectivity index (χ1) is 22.0. The summed E-state index contributed by atoms with van der Waals surface area (Å²) in [5.74, 6) is -2.50. The van der Waals surface area contributed by atoms with Crippen molar-refractivity contribution >= 4 is 17.3 Å². The summed E-state index contributed by atoms with van der Waals surface area (Å²) < 4.78 is 41.6. The Labute approximate surface area is 265 Å². The predicted molar refractivity (Wildman–Crippen MR) is 157 cm³/mol. The molecule has 2 aliphatic carbocycles. The molecule has 0 unspecified atom stereocenters. The summed E-state index contributed by atoms with van der Waals surface area (Å²) in [6, 6.07) is 4.48. The number of morpholine rings is 1. The summed E-state index contributed by atoms with van der Waals surface area (Å²) in [4.78, 5) is 43.0. The maximum Gasteiger partial charge on any atom is 0.202 e. The average molecular weight is 640 g/mol. The minimum absolute atomic E-state index is 0.00783. The van der Waals surface area contributed by atoms with Crippen LogP contribution in [-0.4, -0.2) is 110 Å². The van der Waals surface area contributed by atoms with Crippen LogP contribution in [0.5, 0.6) is 17.2 Å². The second kappa shape index (κ2) is 11.4. The van der Waals surface area contributed by atoms with E-state index in [1.165, 1.54) is 27.2 Å². The van der Waals surface area contributed by atoms with Crippen LogP contribution in [0.1, 0.15) is 75.8 Å². The van der Waals surface area contributed by atoms with Gasteiger partial charge in [0.05, 0.1) is 42.6 Å². The van der Waals surface area contributed by atoms with E-state index in [0.29, 0.717) is 19.6 Å². The number of methoxy groups -OCH3 is 3. The normalized spacial score (nSPS) is 33.5. The minimum Gasteiger partial charge on any atom is -0.507 e. The number of phenols is 2. The van der Waals surface area contributed by atoms with Crippen molar-refractivity contribution in [3.05, 3.63) is 51.6 Å². The summed E-state index contributed by atoms with van der Waals surface area (Å²) in [7, 11) is 4.33. The Kier molecular flexibility index (Phi) is 7.71. The Morgan fingerprint density at radius 1 is 1.04 bits per heavy atom. The van der Waals surface area contributed by atoms with E-state index in [2.05, 4.69) is 4.90 Å². The van der Waals surface area contributed by atoms with Crippen LogP contribution in [0.3, 0.4) is 0 Å². The molecule has 2 aromatic carbocycles. The molecule has 8 atom stereocenters. The molecule has 0 radical (unpaired) electrons. The fourth-order valence-corrected chi connectivity index (χ4v) is 7.88. The number of fused-ring (bicyclic) bond motifs is 6. The number of Topliss-reactive ketones (excluding diaryl/α,β-unsaturated/α-hetero) is 1. The highest BCUT2D eigenvalue weighted by Gasteiger charge is 2.55. The van der Waals surface area contributed by atoms with E-state index in [0.717, 1.165) is 0 Å². The van der Waals surface area contributed by atoms with E-state index in [1.807, 2.05) is 6.92 Å². The standard InChI is InChI=1S/C33H37NO12/c1-14-30-18(34-9-10-43-32(41-4)31(34)46-30)11-21(44-14)45-20-13-33(42-5,15(2)35)12-17-23(20)29(39)25-24(27(17)37)26(36)16-7-6-8-19(40-3)22(16)28(25)38/h6-8,14,18,20-21,30-32,37,39H,9-13H2,1-5H3/t14-,18-,20-,21-,30+,31+,32-,33-/m0/s1. The van der Waals surface area contributed by atoms with Crippen LogP contribution < -0.4 is 4.74 Å². The molecule has 3 saturated heterocycles. The van der Waals surface area contributed by atoms with Crippen LogP contribution in [-0.2, 0) is 39.6 Å². The van der Waals surface area contributed by atoms with Crippen molar-refractivity contribution in [2.45, 2.75) is 81.9 Å². The van der Waals surface area contributed by atoms with Gasteiger partial charge in [-0.15, -0.1) is 0 Å². The third-order valence-corrected chi connectivity index (χ3v) is 10.2. The van der Waals surface area contributed by atoms with E-state index in [1.54, 1.807) is 19.2 Å². The molecule has 0 aromatic heterocycles. The molecule has 7 rings (SSSR count). The van der Waals surface area contributed by atoms with Gasteiger partial charge < -0.3 is 43.4 Å². The van der Waals surface area contributed by atoms with Gasteiger partial charge in [-0.3, -0.25) is 19.3 Å². The molecule has 0 saturated carbocycles. The first-order valence-corrected chi connectivity index (χ1v) is 15.3.